The summed E-state index contributed by atoms with van der Waals surface area (Å²) in [6.45, 7) is 0.442. The number of hydrogen-bond acceptors (Lipinski definition) is 4. The monoisotopic (exact) mass is 340 g/mol. The summed E-state index contributed by atoms with van der Waals surface area (Å²) in [6, 6.07) is 5.20. The van der Waals surface area contributed by atoms with Crippen LogP contribution in [-0.4, -0.2) is 36.7 Å². The molecule has 7 heteroatoms. The van der Waals surface area contributed by atoms with Crippen LogP contribution in [0, 0.1) is 5.92 Å². The topological polar surface area (TPSA) is 87.7 Å². The number of amides is 1. The van der Waals surface area contributed by atoms with Gasteiger partial charge in [-0.05, 0) is 37.5 Å². The first-order valence-electron chi connectivity index (χ1n) is 7.59. The van der Waals surface area contributed by atoms with Crippen molar-refractivity contribution in [3.8, 4) is 5.75 Å². The highest BCUT2D eigenvalue weighted by Crippen LogP contribution is 2.28. The van der Waals surface area contributed by atoms with Gasteiger partial charge in [0.2, 0.25) is 5.91 Å². The van der Waals surface area contributed by atoms with Crippen LogP contribution in [0.2, 0.25) is 5.02 Å². The highest BCUT2D eigenvalue weighted by atomic mass is 35.5. The van der Waals surface area contributed by atoms with Crippen LogP contribution in [0.4, 0.5) is 5.69 Å². The van der Waals surface area contributed by atoms with Crippen LogP contribution in [0.3, 0.4) is 0 Å². The van der Waals surface area contributed by atoms with Gasteiger partial charge in [-0.3, -0.25) is 9.59 Å². The molecule has 0 aliphatic heterocycles. The lowest BCUT2D eigenvalue weighted by Gasteiger charge is -2.14. The van der Waals surface area contributed by atoms with E-state index in [1.165, 1.54) is 0 Å². The molecule has 0 unspecified atom stereocenters. The van der Waals surface area contributed by atoms with E-state index in [2.05, 4.69) is 10.6 Å². The number of ether oxygens (including phenoxy) is 1. The Kier molecular flexibility index (Phi) is 6.10. The van der Waals surface area contributed by atoms with Gasteiger partial charge in [0, 0.05) is 24.0 Å². The molecule has 1 aliphatic carbocycles. The minimum Gasteiger partial charge on any atom is -0.495 e. The first-order chi connectivity index (χ1) is 11.0. The number of hydrogen-bond donors (Lipinski definition) is 3. The predicted molar refractivity (Wildman–Crippen MR) is 88.0 cm³/mol. The average Bonchev–Trinajstić information content (AvgIpc) is 2.96. The first kappa shape index (κ1) is 17.4. The molecule has 1 aromatic carbocycles. The number of benzene rings is 1. The molecule has 0 bridgehead atoms. The van der Waals surface area contributed by atoms with E-state index in [9.17, 15) is 9.59 Å². The molecule has 2 atom stereocenters. The lowest BCUT2D eigenvalue weighted by molar-refractivity contribution is -0.141. The van der Waals surface area contributed by atoms with Crippen molar-refractivity contribution < 1.29 is 19.4 Å². The van der Waals surface area contributed by atoms with E-state index in [-0.39, 0.29) is 17.9 Å². The molecule has 1 aliphatic rings. The van der Waals surface area contributed by atoms with Crippen molar-refractivity contribution in [3.05, 3.63) is 23.2 Å². The quantitative estimate of drug-likeness (QED) is 0.710. The van der Waals surface area contributed by atoms with E-state index in [1.54, 1.807) is 25.3 Å². The molecule has 23 heavy (non-hydrogen) atoms. The largest absolute Gasteiger partial charge is 0.495 e. The maximum atomic E-state index is 11.9. The third-order valence-corrected chi connectivity index (χ3v) is 4.21. The van der Waals surface area contributed by atoms with Crippen molar-refractivity contribution in [3.63, 3.8) is 0 Å². The second-order valence-electron chi connectivity index (χ2n) is 5.63. The maximum Gasteiger partial charge on any atom is 0.306 e. The van der Waals surface area contributed by atoms with E-state index in [0.29, 0.717) is 36.6 Å². The number of aliphatic carboxylic acids is 1. The van der Waals surface area contributed by atoms with Crippen molar-refractivity contribution in [2.45, 2.75) is 31.7 Å². The summed E-state index contributed by atoms with van der Waals surface area (Å²) < 4.78 is 5.22. The zero-order chi connectivity index (χ0) is 16.8. The van der Waals surface area contributed by atoms with Gasteiger partial charge in [0.05, 0.1) is 18.7 Å². The second kappa shape index (κ2) is 8.06. The van der Waals surface area contributed by atoms with Gasteiger partial charge in [-0.2, -0.15) is 0 Å². The van der Waals surface area contributed by atoms with Gasteiger partial charge < -0.3 is 20.5 Å². The molecule has 0 heterocycles. The number of carboxylic acids is 1. The van der Waals surface area contributed by atoms with Crippen LogP contribution in [0.25, 0.3) is 0 Å². The van der Waals surface area contributed by atoms with Gasteiger partial charge in [0.25, 0.3) is 0 Å². The van der Waals surface area contributed by atoms with Crippen LogP contribution < -0.4 is 15.4 Å². The molecule has 1 aromatic rings. The fourth-order valence-corrected chi connectivity index (χ4v) is 2.94. The summed E-state index contributed by atoms with van der Waals surface area (Å²) in [5, 5.41) is 15.6. The number of halogens is 1. The minimum atomic E-state index is -0.781. The summed E-state index contributed by atoms with van der Waals surface area (Å²) >= 11 is 5.95. The van der Waals surface area contributed by atoms with Gasteiger partial charge in [0.15, 0.2) is 0 Å². The SMILES string of the molecule is COc1ccc(Cl)cc1NCCC(=O)N[C@@H]1CC[C@H](C(=O)O)C1. The third kappa shape index (κ3) is 5.03. The Morgan fingerprint density at radius 2 is 2.17 bits per heavy atom. The lowest BCUT2D eigenvalue weighted by atomic mass is 10.1. The van der Waals surface area contributed by atoms with Crippen LogP contribution >= 0.6 is 11.6 Å². The van der Waals surface area contributed by atoms with E-state index in [4.69, 9.17) is 21.4 Å². The number of methoxy groups -OCH3 is 1. The summed E-state index contributed by atoms with van der Waals surface area (Å²) in [6.07, 6.45) is 2.15. The molecule has 1 saturated carbocycles. The molecular weight excluding hydrogens is 320 g/mol. The van der Waals surface area contributed by atoms with E-state index < -0.39 is 5.97 Å². The number of carboxylic acid groups (broad SMARTS) is 1. The molecule has 126 valence electrons. The number of carbonyl (C=O) groups excluding carboxylic acids is 1. The van der Waals surface area contributed by atoms with Crippen LogP contribution in [-0.2, 0) is 9.59 Å². The van der Waals surface area contributed by atoms with Gasteiger partial charge >= 0.3 is 5.97 Å². The lowest BCUT2D eigenvalue weighted by Crippen LogP contribution is -2.34. The highest BCUT2D eigenvalue weighted by Gasteiger charge is 2.30. The Morgan fingerprint density at radius 3 is 2.83 bits per heavy atom. The van der Waals surface area contributed by atoms with Crippen LogP contribution in [0.5, 0.6) is 5.75 Å². The predicted octanol–water partition coefficient (Wildman–Crippen LogP) is 2.52. The third-order valence-electron chi connectivity index (χ3n) is 3.98. The second-order valence-corrected chi connectivity index (χ2v) is 6.07. The molecule has 0 spiro atoms. The smallest absolute Gasteiger partial charge is 0.306 e. The van der Waals surface area contributed by atoms with Crippen molar-refractivity contribution in [2.75, 3.05) is 19.0 Å². The average molecular weight is 341 g/mol. The van der Waals surface area contributed by atoms with Gasteiger partial charge in [-0.1, -0.05) is 11.6 Å². The zero-order valence-electron chi connectivity index (χ0n) is 13.0. The normalized spacial score (nSPS) is 20.1. The summed E-state index contributed by atoms with van der Waals surface area (Å²) in [5.74, 6) is -0.546. The standard InChI is InChI=1S/C16H21ClN2O4/c1-23-14-5-3-11(17)9-13(14)18-7-6-15(20)19-12-4-2-10(8-12)16(21)22/h3,5,9-10,12,18H,2,4,6-8H2,1H3,(H,19,20)(H,21,22)/t10-,12+/m0/s1. The fourth-order valence-electron chi connectivity index (χ4n) is 2.77. The Balaban J connectivity index is 1.75. The maximum absolute atomic E-state index is 11.9. The molecule has 6 nitrogen and oxygen atoms in total. The number of anilines is 1. The molecular formula is C16H21ClN2O4. The highest BCUT2D eigenvalue weighted by molar-refractivity contribution is 6.30. The molecule has 0 radical (unpaired) electrons. The van der Waals surface area contributed by atoms with E-state index in [0.717, 1.165) is 12.1 Å². The van der Waals surface area contributed by atoms with E-state index >= 15 is 0 Å². The van der Waals surface area contributed by atoms with Crippen molar-refractivity contribution in [1.29, 1.82) is 0 Å². The van der Waals surface area contributed by atoms with Crippen LogP contribution in [0.1, 0.15) is 25.7 Å². The minimum absolute atomic E-state index is 0.0377. The molecule has 1 fully saturated rings. The Hall–Kier alpha value is -1.95. The Morgan fingerprint density at radius 1 is 1.39 bits per heavy atom. The fraction of sp³-hybridized carbons (Fsp3) is 0.500. The van der Waals surface area contributed by atoms with Crippen molar-refractivity contribution in [2.24, 2.45) is 5.92 Å². The molecule has 0 aromatic heterocycles. The molecule has 2 rings (SSSR count). The molecule has 1 amide bonds. The Bertz CT molecular complexity index is 579. The van der Waals surface area contributed by atoms with Gasteiger partial charge in [-0.25, -0.2) is 0 Å². The summed E-state index contributed by atoms with van der Waals surface area (Å²) in [4.78, 5) is 22.8. The number of carbonyl (C=O) groups is 2. The van der Waals surface area contributed by atoms with Crippen molar-refractivity contribution in [1.82, 2.24) is 5.32 Å². The molecule has 3 N–H and O–H groups in total. The Labute approximate surface area is 140 Å². The van der Waals surface area contributed by atoms with Crippen molar-refractivity contribution >= 4 is 29.2 Å². The van der Waals surface area contributed by atoms with Crippen LogP contribution in [0.15, 0.2) is 18.2 Å². The summed E-state index contributed by atoms with van der Waals surface area (Å²) in [7, 11) is 1.57. The first-order valence-corrected chi connectivity index (χ1v) is 7.97. The van der Waals surface area contributed by atoms with Gasteiger partial charge in [0.1, 0.15) is 5.75 Å². The van der Waals surface area contributed by atoms with Gasteiger partial charge in [-0.15, -0.1) is 0 Å². The van der Waals surface area contributed by atoms with E-state index in [1.807, 2.05) is 0 Å². The number of nitrogens with one attached hydrogen (secondary N) is 2. The summed E-state index contributed by atoms with van der Waals surface area (Å²) in [5.41, 5.74) is 0.736. The zero-order valence-corrected chi connectivity index (χ0v) is 13.7. The molecule has 0 saturated heterocycles. The number of rotatable bonds is 7.